The van der Waals surface area contributed by atoms with Crippen LogP contribution >= 0.6 is 0 Å². The predicted octanol–water partition coefficient (Wildman–Crippen LogP) is 4.12. The van der Waals surface area contributed by atoms with Crippen molar-refractivity contribution in [3.63, 3.8) is 0 Å². The maximum absolute atomic E-state index is 11.1. The second-order valence-corrected chi connectivity index (χ2v) is 6.06. The molecular formula is C17H26O2. The molecule has 2 rings (SSSR count). The molecule has 0 amide bonds. The summed E-state index contributed by atoms with van der Waals surface area (Å²) in [6.07, 6.45) is 4.03. The van der Waals surface area contributed by atoms with E-state index in [2.05, 4.69) is 13.8 Å². The van der Waals surface area contributed by atoms with Gasteiger partial charge in [0.2, 0.25) is 0 Å². The highest BCUT2D eigenvalue weighted by Crippen LogP contribution is 2.45. The minimum absolute atomic E-state index is 0.605. The van der Waals surface area contributed by atoms with Gasteiger partial charge in [-0.2, -0.15) is 0 Å². The molecule has 1 fully saturated rings. The van der Waals surface area contributed by atoms with Crippen LogP contribution in [0.1, 0.15) is 52.0 Å². The van der Waals surface area contributed by atoms with Crippen molar-refractivity contribution < 1.29 is 9.84 Å². The van der Waals surface area contributed by atoms with Gasteiger partial charge >= 0.3 is 0 Å². The van der Waals surface area contributed by atoms with Crippen LogP contribution < -0.4 is 4.74 Å². The van der Waals surface area contributed by atoms with Crippen LogP contribution in [0.5, 0.6) is 5.75 Å². The summed E-state index contributed by atoms with van der Waals surface area (Å²) in [5.74, 6) is 2.08. The van der Waals surface area contributed by atoms with Crippen LogP contribution in [0.15, 0.2) is 24.3 Å². The monoisotopic (exact) mass is 262 g/mol. The molecule has 106 valence electrons. The first-order chi connectivity index (χ1) is 9.07. The molecule has 1 aliphatic carbocycles. The van der Waals surface area contributed by atoms with Crippen molar-refractivity contribution in [1.82, 2.24) is 0 Å². The van der Waals surface area contributed by atoms with Gasteiger partial charge in [-0.3, -0.25) is 0 Å². The van der Waals surface area contributed by atoms with Crippen molar-refractivity contribution >= 4 is 0 Å². The molecule has 2 atom stereocenters. The summed E-state index contributed by atoms with van der Waals surface area (Å²) < 4.78 is 5.69. The summed E-state index contributed by atoms with van der Waals surface area (Å²) in [5, 5.41) is 11.1. The van der Waals surface area contributed by atoms with Crippen LogP contribution in [0.4, 0.5) is 0 Å². The van der Waals surface area contributed by atoms with Gasteiger partial charge in [-0.05, 0) is 50.5 Å². The standard InChI is InChI=1S/C17H26O2/c1-4-19-16-10-6-5-9-15(16)17(18)11-7-8-14(12-17)13(2)3/h5-6,9-10,13-14,18H,4,7-8,11-12H2,1-3H3. The molecule has 1 aromatic rings. The molecule has 0 saturated heterocycles. The quantitative estimate of drug-likeness (QED) is 0.884. The zero-order chi connectivity index (χ0) is 13.9. The fourth-order valence-electron chi connectivity index (χ4n) is 3.24. The van der Waals surface area contributed by atoms with E-state index in [4.69, 9.17) is 4.74 Å². The summed E-state index contributed by atoms with van der Waals surface area (Å²) in [5.41, 5.74) is 0.265. The third-order valence-corrected chi connectivity index (χ3v) is 4.40. The Morgan fingerprint density at radius 1 is 1.37 bits per heavy atom. The van der Waals surface area contributed by atoms with Crippen molar-refractivity contribution in [3.05, 3.63) is 29.8 Å². The number of rotatable bonds is 4. The Kier molecular flexibility index (Phi) is 4.51. The average molecular weight is 262 g/mol. The van der Waals surface area contributed by atoms with E-state index >= 15 is 0 Å². The number of hydrogen-bond donors (Lipinski definition) is 1. The maximum atomic E-state index is 11.1. The highest BCUT2D eigenvalue weighted by molar-refractivity contribution is 5.38. The van der Waals surface area contributed by atoms with Crippen LogP contribution in [-0.2, 0) is 5.60 Å². The third kappa shape index (κ3) is 3.11. The van der Waals surface area contributed by atoms with E-state index in [1.165, 1.54) is 6.42 Å². The summed E-state index contributed by atoms with van der Waals surface area (Å²) in [6.45, 7) is 7.13. The zero-order valence-corrected chi connectivity index (χ0v) is 12.4. The molecule has 0 spiro atoms. The van der Waals surface area contributed by atoms with Crippen LogP contribution in [0, 0.1) is 11.8 Å². The van der Waals surface area contributed by atoms with Crippen LogP contribution in [0.25, 0.3) is 0 Å². The number of para-hydroxylation sites is 1. The van der Waals surface area contributed by atoms with Crippen molar-refractivity contribution in [1.29, 1.82) is 0 Å². The molecule has 2 unspecified atom stereocenters. The highest BCUT2D eigenvalue weighted by atomic mass is 16.5. The van der Waals surface area contributed by atoms with Crippen LogP contribution in [0.2, 0.25) is 0 Å². The minimum Gasteiger partial charge on any atom is -0.493 e. The van der Waals surface area contributed by atoms with Crippen LogP contribution in [-0.4, -0.2) is 11.7 Å². The maximum Gasteiger partial charge on any atom is 0.125 e. The van der Waals surface area contributed by atoms with Gasteiger partial charge in [0, 0.05) is 5.56 Å². The number of benzene rings is 1. The number of aliphatic hydroxyl groups is 1. The van der Waals surface area contributed by atoms with Gasteiger partial charge in [-0.25, -0.2) is 0 Å². The van der Waals surface area contributed by atoms with Crippen molar-refractivity contribution in [2.45, 2.75) is 52.1 Å². The Labute approximate surface area is 116 Å². The Balaban J connectivity index is 2.28. The molecule has 1 aromatic carbocycles. The van der Waals surface area contributed by atoms with Gasteiger partial charge < -0.3 is 9.84 Å². The van der Waals surface area contributed by atoms with E-state index in [1.54, 1.807) is 0 Å². The van der Waals surface area contributed by atoms with E-state index < -0.39 is 5.60 Å². The summed E-state index contributed by atoms with van der Waals surface area (Å²) >= 11 is 0. The molecule has 1 N–H and O–H groups in total. The molecule has 2 nitrogen and oxygen atoms in total. The Hall–Kier alpha value is -1.02. The average Bonchev–Trinajstić information content (AvgIpc) is 2.39. The Bertz CT molecular complexity index is 413. The topological polar surface area (TPSA) is 29.5 Å². The Morgan fingerprint density at radius 2 is 2.11 bits per heavy atom. The molecule has 1 saturated carbocycles. The molecule has 0 aliphatic heterocycles. The SMILES string of the molecule is CCOc1ccccc1C1(O)CCCC(C(C)C)C1. The van der Waals surface area contributed by atoms with Gasteiger partial charge in [0.25, 0.3) is 0 Å². The number of hydrogen-bond acceptors (Lipinski definition) is 2. The molecule has 0 bridgehead atoms. The second-order valence-electron chi connectivity index (χ2n) is 6.06. The lowest BCUT2D eigenvalue weighted by atomic mass is 9.71. The highest BCUT2D eigenvalue weighted by Gasteiger charge is 2.38. The van der Waals surface area contributed by atoms with Gasteiger partial charge in [0.15, 0.2) is 0 Å². The van der Waals surface area contributed by atoms with E-state index in [-0.39, 0.29) is 0 Å². The largest absolute Gasteiger partial charge is 0.493 e. The summed E-state index contributed by atoms with van der Waals surface area (Å²) in [7, 11) is 0. The normalized spacial score (nSPS) is 27.5. The molecule has 19 heavy (non-hydrogen) atoms. The van der Waals surface area contributed by atoms with Gasteiger partial charge in [-0.15, -0.1) is 0 Å². The zero-order valence-electron chi connectivity index (χ0n) is 12.4. The lowest BCUT2D eigenvalue weighted by Gasteiger charge is -2.39. The fraction of sp³-hybridized carbons (Fsp3) is 0.647. The van der Waals surface area contributed by atoms with Gasteiger partial charge in [0.05, 0.1) is 12.2 Å². The van der Waals surface area contributed by atoms with E-state index in [0.717, 1.165) is 30.6 Å². The smallest absolute Gasteiger partial charge is 0.125 e. The minimum atomic E-state index is -0.709. The van der Waals surface area contributed by atoms with Gasteiger partial charge in [0.1, 0.15) is 5.75 Å². The fourth-order valence-corrected chi connectivity index (χ4v) is 3.24. The first-order valence-electron chi connectivity index (χ1n) is 7.51. The molecule has 0 heterocycles. The molecule has 2 heteroatoms. The lowest BCUT2D eigenvalue weighted by Crippen LogP contribution is -2.34. The second kappa shape index (κ2) is 5.96. The first kappa shape index (κ1) is 14.4. The Morgan fingerprint density at radius 3 is 2.79 bits per heavy atom. The van der Waals surface area contributed by atoms with E-state index in [1.807, 2.05) is 31.2 Å². The number of ether oxygens (including phenoxy) is 1. The molecule has 0 aromatic heterocycles. The summed E-state index contributed by atoms with van der Waals surface area (Å²) in [4.78, 5) is 0. The first-order valence-corrected chi connectivity index (χ1v) is 7.51. The van der Waals surface area contributed by atoms with Crippen molar-refractivity contribution in [3.8, 4) is 5.75 Å². The van der Waals surface area contributed by atoms with E-state index in [0.29, 0.717) is 18.4 Å². The predicted molar refractivity (Wildman–Crippen MR) is 78.3 cm³/mol. The molecular weight excluding hydrogens is 236 g/mol. The third-order valence-electron chi connectivity index (χ3n) is 4.40. The summed E-state index contributed by atoms with van der Waals surface area (Å²) in [6, 6.07) is 7.96. The molecule has 0 radical (unpaired) electrons. The lowest BCUT2D eigenvalue weighted by molar-refractivity contribution is -0.0313. The molecule has 1 aliphatic rings. The van der Waals surface area contributed by atoms with Crippen molar-refractivity contribution in [2.24, 2.45) is 11.8 Å². The van der Waals surface area contributed by atoms with E-state index in [9.17, 15) is 5.11 Å². The van der Waals surface area contributed by atoms with Crippen LogP contribution in [0.3, 0.4) is 0 Å². The van der Waals surface area contributed by atoms with Crippen molar-refractivity contribution in [2.75, 3.05) is 6.61 Å². The van der Waals surface area contributed by atoms with Gasteiger partial charge in [-0.1, -0.05) is 32.0 Å².